The number of aryl methyl sites for hydroxylation is 2. The minimum atomic E-state index is -1.19. The van der Waals surface area contributed by atoms with Gasteiger partial charge in [-0.15, -0.1) is 0 Å². The van der Waals surface area contributed by atoms with E-state index in [-0.39, 0.29) is 25.5 Å². The number of ether oxygens (including phenoxy) is 2. The van der Waals surface area contributed by atoms with Crippen molar-refractivity contribution in [2.24, 2.45) is 5.92 Å². The van der Waals surface area contributed by atoms with E-state index in [0.29, 0.717) is 5.56 Å². The number of benzene rings is 1. The van der Waals surface area contributed by atoms with E-state index < -0.39 is 41.6 Å². The molecule has 0 aliphatic heterocycles. The van der Waals surface area contributed by atoms with Gasteiger partial charge in [-0.25, -0.2) is 4.79 Å². The molecule has 9 nitrogen and oxygen atoms in total. The summed E-state index contributed by atoms with van der Waals surface area (Å²) in [6, 6.07) is 5.62. The Hall–Kier alpha value is -3.54. The molecule has 1 aromatic carbocycles. The average Bonchev–Trinajstić information content (AvgIpc) is 2.75. The molecule has 2 N–H and O–H groups in total. The number of hydrogen-bond acceptors (Lipinski definition) is 6. The van der Waals surface area contributed by atoms with E-state index in [0.717, 1.165) is 16.0 Å². The van der Waals surface area contributed by atoms with E-state index in [1.807, 2.05) is 26.0 Å². The Morgan fingerprint density at radius 2 is 1.78 bits per heavy atom. The number of rotatable bonds is 10. The summed E-state index contributed by atoms with van der Waals surface area (Å²) in [6.07, 6.45) is 4.98. The molecule has 9 heteroatoms. The molecule has 3 amide bonds. The van der Waals surface area contributed by atoms with Crippen LogP contribution in [-0.4, -0.2) is 53.6 Å². The number of alkyl carbamates (subject to hydrolysis) is 1. The van der Waals surface area contributed by atoms with Gasteiger partial charge < -0.3 is 20.1 Å². The molecule has 2 unspecified atom stereocenters. The van der Waals surface area contributed by atoms with Crippen LogP contribution in [0.5, 0.6) is 0 Å². The molecule has 0 bridgehead atoms. The zero-order valence-corrected chi connectivity index (χ0v) is 22.6. The van der Waals surface area contributed by atoms with E-state index in [9.17, 15) is 19.2 Å². The molecule has 0 heterocycles. The van der Waals surface area contributed by atoms with Gasteiger partial charge in [0.25, 0.3) is 5.91 Å². The number of nitrogens with zero attached hydrogens (tertiary/aromatic N) is 1. The average molecular weight is 502 g/mol. The van der Waals surface area contributed by atoms with Gasteiger partial charge in [-0.3, -0.25) is 19.3 Å². The summed E-state index contributed by atoms with van der Waals surface area (Å²) < 4.78 is 10.2. The van der Waals surface area contributed by atoms with Crippen molar-refractivity contribution in [3.8, 4) is 12.5 Å². The maximum atomic E-state index is 13.7. The smallest absolute Gasteiger partial charge is 0.408 e. The van der Waals surface area contributed by atoms with Crippen LogP contribution in [-0.2, 0) is 23.9 Å². The van der Waals surface area contributed by atoms with E-state index in [1.54, 1.807) is 47.6 Å². The molecular weight excluding hydrogens is 462 g/mol. The number of carbonyl (C=O) groups excluding carboxylic acids is 4. The third kappa shape index (κ3) is 9.25. The molecule has 0 aliphatic rings. The van der Waals surface area contributed by atoms with Crippen molar-refractivity contribution in [2.45, 2.75) is 79.5 Å². The highest BCUT2D eigenvalue weighted by Crippen LogP contribution is 2.27. The third-order valence-electron chi connectivity index (χ3n) is 5.15. The summed E-state index contributed by atoms with van der Waals surface area (Å²) in [6.45, 7) is 14.3. The first-order valence-electron chi connectivity index (χ1n) is 12.0. The molecule has 198 valence electrons. The van der Waals surface area contributed by atoms with Crippen molar-refractivity contribution >= 4 is 23.9 Å². The number of carbonyl (C=O) groups is 4. The quantitative estimate of drug-likeness (QED) is 0.289. The number of amides is 3. The molecule has 0 aromatic heterocycles. The predicted octanol–water partition coefficient (Wildman–Crippen LogP) is 3.38. The van der Waals surface area contributed by atoms with Crippen LogP contribution in [0.25, 0.3) is 0 Å². The maximum Gasteiger partial charge on any atom is 0.408 e. The summed E-state index contributed by atoms with van der Waals surface area (Å²) in [5.74, 6) is -2.00. The predicted molar refractivity (Wildman–Crippen MR) is 137 cm³/mol. The highest BCUT2D eigenvalue weighted by atomic mass is 16.6. The Morgan fingerprint density at radius 3 is 2.31 bits per heavy atom. The first-order valence-corrected chi connectivity index (χ1v) is 12.0. The van der Waals surface area contributed by atoms with Gasteiger partial charge in [0.1, 0.15) is 17.7 Å². The van der Waals surface area contributed by atoms with Crippen LogP contribution < -0.4 is 10.6 Å². The fourth-order valence-electron chi connectivity index (χ4n) is 3.43. The summed E-state index contributed by atoms with van der Waals surface area (Å²) in [7, 11) is 0. The highest BCUT2D eigenvalue weighted by molar-refractivity contribution is 5.93. The molecule has 0 radical (unpaired) electrons. The van der Waals surface area contributed by atoms with E-state index in [1.165, 1.54) is 0 Å². The third-order valence-corrected chi connectivity index (χ3v) is 5.15. The minimum Gasteiger partial charge on any atom is -0.466 e. The van der Waals surface area contributed by atoms with E-state index >= 15 is 0 Å². The van der Waals surface area contributed by atoms with Crippen LogP contribution in [0, 0.1) is 32.2 Å². The Balaban J connectivity index is 3.35. The lowest BCUT2D eigenvalue weighted by molar-refractivity contribution is -0.143. The van der Waals surface area contributed by atoms with Crippen LogP contribution in [0.2, 0.25) is 0 Å². The molecule has 0 spiro atoms. The van der Waals surface area contributed by atoms with Gasteiger partial charge in [0.15, 0.2) is 0 Å². The van der Waals surface area contributed by atoms with Gasteiger partial charge >= 0.3 is 12.1 Å². The maximum absolute atomic E-state index is 13.7. The Bertz CT molecular complexity index is 990. The monoisotopic (exact) mass is 501 g/mol. The second-order valence-electron chi connectivity index (χ2n) is 9.81. The zero-order valence-electron chi connectivity index (χ0n) is 22.6. The standard InChI is InChI=1S/C27H39N3O6/c1-10-30(25(33)22(17(3)4)29-26(34)36-27(7,8)9)23(20-16-18(5)12-13-19(20)6)24(32)28-15-14-21(31)35-11-2/h1,12-13,16-17,22-23H,11,14-15H2,2-9H3,(H,28,32)(H,29,34). The van der Waals surface area contributed by atoms with Crippen molar-refractivity contribution in [1.82, 2.24) is 15.5 Å². The van der Waals surface area contributed by atoms with Crippen molar-refractivity contribution in [2.75, 3.05) is 13.2 Å². The fraction of sp³-hybridized carbons (Fsp3) is 0.556. The molecule has 2 atom stereocenters. The first kappa shape index (κ1) is 30.5. The number of esters is 1. The summed E-state index contributed by atoms with van der Waals surface area (Å²) in [5, 5.41) is 5.28. The number of terminal acetylenes is 1. The summed E-state index contributed by atoms with van der Waals surface area (Å²) in [4.78, 5) is 52.2. The van der Waals surface area contributed by atoms with Gasteiger partial charge in [-0.2, -0.15) is 0 Å². The fourth-order valence-corrected chi connectivity index (χ4v) is 3.43. The van der Waals surface area contributed by atoms with Gasteiger partial charge in [-0.1, -0.05) is 44.0 Å². The second-order valence-corrected chi connectivity index (χ2v) is 9.81. The van der Waals surface area contributed by atoms with Crippen molar-refractivity contribution < 1.29 is 28.7 Å². The molecule has 0 saturated heterocycles. The zero-order chi connectivity index (χ0) is 27.6. The largest absolute Gasteiger partial charge is 0.466 e. The van der Waals surface area contributed by atoms with Crippen LogP contribution in [0.1, 0.15) is 70.7 Å². The minimum absolute atomic E-state index is 0.00933. The molecule has 0 fully saturated rings. The molecule has 0 aliphatic carbocycles. The summed E-state index contributed by atoms with van der Waals surface area (Å²) >= 11 is 0. The van der Waals surface area contributed by atoms with Crippen molar-refractivity contribution in [1.29, 1.82) is 0 Å². The summed E-state index contributed by atoms with van der Waals surface area (Å²) in [5.41, 5.74) is 1.40. The van der Waals surface area contributed by atoms with E-state index in [4.69, 9.17) is 15.9 Å². The van der Waals surface area contributed by atoms with E-state index in [2.05, 4.69) is 16.7 Å². The van der Waals surface area contributed by atoms with Gasteiger partial charge in [0, 0.05) is 12.6 Å². The van der Waals surface area contributed by atoms with Crippen LogP contribution in [0.3, 0.4) is 0 Å². The molecular formula is C27H39N3O6. The van der Waals surface area contributed by atoms with Crippen LogP contribution in [0.15, 0.2) is 18.2 Å². The van der Waals surface area contributed by atoms with Crippen LogP contribution >= 0.6 is 0 Å². The van der Waals surface area contributed by atoms with Crippen molar-refractivity contribution in [3.63, 3.8) is 0 Å². The molecule has 1 rings (SSSR count). The Kier molecular flexibility index (Phi) is 11.5. The lowest BCUT2D eigenvalue weighted by atomic mass is 9.95. The Labute approximate surface area is 214 Å². The number of hydrogen-bond donors (Lipinski definition) is 2. The topological polar surface area (TPSA) is 114 Å². The molecule has 1 aromatic rings. The first-order chi connectivity index (χ1) is 16.7. The van der Waals surface area contributed by atoms with Crippen LogP contribution in [0.4, 0.5) is 4.79 Å². The SMILES string of the molecule is C#CN(C(=O)C(NC(=O)OC(C)(C)C)C(C)C)C(C(=O)NCCC(=O)OCC)c1cc(C)ccc1C. The number of nitrogens with one attached hydrogen (secondary N) is 2. The van der Waals surface area contributed by atoms with Gasteiger partial charge in [-0.05, 0) is 58.6 Å². The van der Waals surface area contributed by atoms with Gasteiger partial charge in [0.2, 0.25) is 5.91 Å². The van der Waals surface area contributed by atoms with Crippen molar-refractivity contribution in [3.05, 3.63) is 34.9 Å². The lowest BCUT2D eigenvalue weighted by Gasteiger charge is -2.32. The highest BCUT2D eigenvalue weighted by Gasteiger charge is 2.37. The lowest BCUT2D eigenvalue weighted by Crippen LogP contribution is -2.53. The molecule has 36 heavy (non-hydrogen) atoms. The second kappa shape index (κ2) is 13.5. The Morgan fingerprint density at radius 1 is 1.14 bits per heavy atom. The van der Waals surface area contributed by atoms with Gasteiger partial charge in [0.05, 0.1) is 13.0 Å². The normalized spacial score (nSPS) is 12.7. The molecule has 0 saturated carbocycles.